The molecule has 2 aliphatic rings. The van der Waals surface area contributed by atoms with Gasteiger partial charge in [-0.25, -0.2) is 0 Å². The number of aromatic nitrogens is 3. The standard InChI is InChI=1S/C19H23N7O2/c20-17(28)16-18(22-19(24-23-16)25-8-2-1-3-9-25)21-14-4-6-15(7-5-14)26-10-13(11-26)12-27/h4-7,12-13H,1-3,8-11H2,(H2,20,28)(H,21,22,24). The molecule has 146 valence electrons. The molecule has 2 saturated heterocycles. The third kappa shape index (κ3) is 3.73. The molecule has 0 atom stereocenters. The Hall–Kier alpha value is -3.23. The molecule has 3 N–H and O–H groups in total. The van der Waals surface area contributed by atoms with Crippen LogP contribution in [0.5, 0.6) is 0 Å². The molecule has 3 heterocycles. The lowest BCUT2D eigenvalue weighted by atomic mass is 10.0. The van der Waals surface area contributed by atoms with Crippen molar-refractivity contribution in [1.82, 2.24) is 15.2 Å². The summed E-state index contributed by atoms with van der Waals surface area (Å²) in [6.07, 6.45) is 4.38. The first-order valence-electron chi connectivity index (χ1n) is 9.51. The zero-order valence-corrected chi connectivity index (χ0v) is 15.5. The number of hydrogen-bond donors (Lipinski definition) is 2. The van der Waals surface area contributed by atoms with Crippen molar-refractivity contribution in [3.8, 4) is 0 Å². The van der Waals surface area contributed by atoms with Crippen LogP contribution in [0.4, 0.5) is 23.1 Å². The summed E-state index contributed by atoms with van der Waals surface area (Å²) in [5, 5.41) is 11.2. The van der Waals surface area contributed by atoms with Crippen molar-refractivity contribution in [2.75, 3.05) is 41.3 Å². The highest BCUT2D eigenvalue weighted by Crippen LogP contribution is 2.27. The van der Waals surface area contributed by atoms with Gasteiger partial charge in [-0.2, -0.15) is 4.98 Å². The van der Waals surface area contributed by atoms with Gasteiger partial charge in [-0.05, 0) is 43.5 Å². The highest BCUT2D eigenvalue weighted by atomic mass is 16.1. The normalized spacial score (nSPS) is 17.1. The number of benzene rings is 1. The average molecular weight is 381 g/mol. The van der Waals surface area contributed by atoms with Crippen molar-refractivity contribution in [2.45, 2.75) is 19.3 Å². The van der Waals surface area contributed by atoms with E-state index < -0.39 is 5.91 Å². The summed E-state index contributed by atoms with van der Waals surface area (Å²) in [6.45, 7) is 3.25. The second kappa shape index (κ2) is 7.79. The summed E-state index contributed by atoms with van der Waals surface area (Å²) in [6, 6.07) is 7.73. The molecular weight excluding hydrogens is 358 g/mol. The van der Waals surface area contributed by atoms with Gasteiger partial charge in [-0.1, -0.05) is 0 Å². The van der Waals surface area contributed by atoms with Crippen LogP contribution in [0, 0.1) is 5.92 Å². The number of carbonyl (C=O) groups excluding carboxylic acids is 2. The maximum atomic E-state index is 11.7. The lowest BCUT2D eigenvalue weighted by Crippen LogP contribution is -2.47. The maximum Gasteiger partial charge on any atom is 0.273 e. The Bertz CT molecular complexity index is 859. The van der Waals surface area contributed by atoms with Gasteiger partial charge in [0.05, 0.1) is 0 Å². The Balaban J connectivity index is 1.52. The Morgan fingerprint density at radius 1 is 1.07 bits per heavy atom. The molecule has 28 heavy (non-hydrogen) atoms. The van der Waals surface area contributed by atoms with Crippen LogP contribution < -0.4 is 20.9 Å². The van der Waals surface area contributed by atoms with Gasteiger partial charge in [0.15, 0.2) is 11.5 Å². The monoisotopic (exact) mass is 381 g/mol. The summed E-state index contributed by atoms with van der Waals surface area (Å²) in [5.74, 6) is 0.256. The minimum absolute atomic E-state index is 0.0152. The van der Waals surface area contributed by atoms with Crippen LogP contribution in [-0.4, -0.2) is 53.6 Å². The van der Waals surface area contributed by atoms with Gasteiger partial charge in [0.2, 0.25) is 5.95 Å². The zero-order chi connectivity index (χ0) is 19.5. The minimum Gasteiger partial charge on any atom is -0.370 e. The van der Waals surface area contributed by atoms with Crippen LogP contribution in [0.3, 0.4) is 0 Å². The summed E-state index contributed by atoms with van der Waals surface area (Å²) >= 11 is 0. The lowest BCUT2D eigenvalue weighted by Gasteiger charge is -2.38. The number of aldehydes is 1. The number of anilines is 4. The van der Waals surface area contributed by atoms with Crippen LogP contribution in [0.2, 0.25) is 0 Å². The van der Waals surface area contributed by atoms with E-state index in [1.165, 1.54) is 6.42 Å². The number of primary amides is 1. The summed E-state index contributed by atoms with van der Waals surface area (Å²) < 4.78 is 0. The van der Waals surface area contributed by atoms with E-state index in [1.807, 2.05) is 24.3 Å². The van der Waals surface area contributed by atoms with E-state index in [2.05, 4.69) is 30.3 Å². The van der Waals surface area contributed by atoms with E-state index in [0.717, 1.165) is 56.7 Å². The highest BCUT2D eigenvalue weighted by molar-refractivity contribution is 5.96. The number of nitrogens with one attached hydrogen (secondary N) is 1. The number of carbonyl (C=O) groups is 2. The SMILES string of the molecule is NC(=O)c1nnc(N2CCCCC2)nc1Nc1ccc(N2CC(C=O)C2)cc1. The summed E-state index contributed by atoms with van der Waals surface area (Å²) in [5.41, 5.74) is 7.27. The molecule has 1 aromatic heterocycles. The average Bonchev–Trinajstić information content (AvgIpc) is 2.69. The molecule has 0 radical (unpaired) electrons. The topological polar surface area (TPSA) is 117 Å². The number of nitrogens with zero attached hydrogens (tertiary/aromatic N) is 5. The van der Waals surface area contributed by atoms with Crippen molar-refractivity contribution >= 4 is 35.3 Å². The number of rotatable bonds is 6. The van der Waals surface area contributed by atoms with Gasteiger partial charge in [0.1, 0.15) is 6.29 Å². The van der Waals surface area contributed by atoms with Crippen LogP contribution in [0.1, 0.15) is 29.8 Å². The lowest BCUT2D eigenvalue weighted by molar-refractivity contribution is -0.111. The fourth-order valence-corrected chi connectivity index (χ4v) is 3.50. The van der Waals surface area contributed by atoms with Crippen molar-refractivity contribution < 1.29 is 9.59 Å². The van der Waals surface area contributed by atoms with Crippen LogP contribution in [0.25, 0.3) is 0 Å². The largest absolute Gasteiger partial charge is 0.370 e. The van der Waals surface area contributed by atoms with Gasteiger partial charge in [0.25, 0.3) is 5.91 Å². The molecule has 0 aliphatic carbocycles. The predicted octanol–water partition coefficient (Wildman–Crippen LogP) is 1.34. The molecule has 0 bridgehead atoms. The number of piperidine rings is 1. The minimum atomic E-state index is -0.676. The van der Waals surface area contributed by atoms with E-state index in [9.17, 15) is 9.59 Å². The molecule has 9 heteroatoms. The highest BCUT2D eigenvalue weighted by Gasteiger charge is 2.26. The summed E-state index contributed by atoms with van der Waals surface area (Å²) in [4.78, 5) is 31.2. The smallest absolute Gasteiger partial charge is 0.273 e. The molecule has 2 aliphatic heterocycles. The number of amides is 1. The fourth-order valence-electron chi connectivity index (χ4n) is 3.50. The van der Waals surface area contributed by atoms with E-state index in [-0.39, 0.29) is 11.6 Å². The van der Waals surface area contributed by atoms with Gasteiger partial charge in [-0.3, -0.25) is 4.79 Å². The number of nitrogens with two attached hydrogens (primary N) is 1. The van der Waals surface area contributed by atoms with Crippen LogP contribution in [0.15, 0.2) is 24.3 Å². The maximum absolute atomic E-state index is 11.7. The Morgan fingerprint density at radius 3 is 2.43 bits per heavy atom. The molecule has 2 aromatic rings. The molecule has 0 saturated carbocycles. The molecular formula is C19H23N7O2. The van der Waals surface area contributed by atoms with Crippen molar-refractivity contribution in [2.24, 2.45) is 11.7 Å². The Labute approximate surface area is 162 Å². The zero-order valence-electron chi connectivity index (χ0n) is 15.5. The fraction of sp³-hybridized carbons (Fsp3) is 0.421. The first kappa shape index (κ1) is 18.1. The second-order valence-electron chi connectivity index (χ2n) is 7.19. The van der Waals surface area contributed by atoms with E-state index in [0.29, 0.717) is 11.8 Å². The van der Waals surface area contributed by atoms with Gasteiger partial charge < -0.3 is 25.6 Å². The third-order valence-electron chi connectivity index (χ3n) is 5.15. The Morgan fingerprint density at radius 2 is 1.79 bits per heavy atom. The first-order valence-corrected chi connectivity index (χ1v) is 9.51. The molecule has 9 nitrogen and oxygen atoms in total. The quantitative estimate of drug-likeness (QED) is 0.720. The molecule has 0 spiro atoms. The van der Waals surface area contributed by atoms with Crippen molar-refractivity contribution in [1.29, 1.82) is 0 Å². The van der Waals surface area contributed by atoms with Gasteiger partial charge >= 0.3 is 0 Å². The van der Waals surface area contributed by atoms with E-state index in [4.69, 9.17) is 5.73 Å². The summed E-state index contributed by atoms with van der Waals surface area (Å²) in [7, 11) is 0. The first-order chi connectivity index (χ1) is 13.6. The van der Waals surface area contributed by atoms with Crippen molar-refractivity contribution in [3.05, 3.63) is 30.0 Å². The van der Waals surface area contributed by atoms with Gasteiger partial charge in [-0.15, -0.1) is 10.2 Å². The second-order valence-corrected chi connectivity index (χ2v) is 7.19. The number of hydrogen-bond acceptors (Lipinski definition) is 8. The molecule has 1 amide bonds. The van der Waals surface area contributed by atoms with Gasteiger partial charge in [0, 0.05) is 43.5 Å². The van der Waals surface area contributed by atoms with E-state index >= 15 is 0 Å². The Kier molecular flexibility index (Phi) is 5.05. The third-order valence-corrected chi connectivity index (χ3v) is 5.15. The molecule has 1 aromatic carbocycles. The van der Waals surface area contributed by atoms with Crippen LogP contribution >= 0.6 is 0 Å². The molecule has 2 fully saturated rings. The molecule has 0 unspecified atom stereocenters. The van der Waals surface area contributed by atoms with Crippen molar-refractivity contribution in [3.63, 3.8) is 0 Å². The van der Waals surface area contributed by atoms with E-state index in [1.54, 1.807) is 0 Å². The molecule has 4 rings (SSSR count). The van der Waals surface area contributed by atoms with Crippen LogP contribution in [-0.2, 0) is 4.79 Å². The predicted molar refractivity (Wildman–Crippen MR) is 106 cm³/mol.